The van der Waals surface area contributed by atoms with Gasteiger partial charge in [-0.15, -0.1) is 11.8 Å². The number of hydrogen-bond donors (Lipinski definition) is 2. The van der Waals surface area contributed by atoms with Crippen LogP contribution in [0.3, 0.4) is 0 Å². The van der Waals surface area contributed by atoms with Crippen molar-refractivity contribution in [3.63, 3.8) is 0 Å². The van der Waals surface area contributed by atoms with E-state index in [4.69, 9.17) is 4.74 Å². The molecule has 1 aliphatic heterocycles. The molecule has 0 aliphatic carbocycles. The average molecular weight is 423 g/mol. The Morgan fingerprint density at radius 1 is 1.20 bits per heavy atom. The maximum Gasteiger partial charge on any atom is 0.251 e. The molecule has 6 nitrogen and oxygen atoms in total. The number of fused-ring (bicyclic) bond motifs is 1. The molecule has 0 spiro atoms. The number of carbonyl (C=O) groups excluding carboxylic acids is 2. The third kappa shape index (κ3) is 4.96. The number of anilines is 1. The zero-order chi connectivity index (χ0) is 20.9. The van der Waals surface area contributed by atoms with Gasteiger partial charge in [0.25, 0.3) is 5.91 Å². The van der Waals surface area contributed by atoms with Gasteiger partial charge >= 0.3 is 0 Å². The SMILES string of the molecule is O=C1CCSc2ccc(C(=O)NCc3ccc(Oc4cccc(F)c4)nc3)cc2N1. The van der Waals surface area contributed by atoms with Crippen LogP contribution in [0.5, 0.6) is 11.6 Å². The van der Waals surface area contributed by atoms with Gasteiger partial charge in [0.05, 0.1) is 5.69 Å². The summed E-state index contributed by atoms with van der Waals surface area (Å²) < 4.78 is 18.7. The number of benzene rings is 2. The first-order valence-corrected chi connectivity index (χ1v) is 10.3. The Hall–Kier alpha value is -3.39. The lowest BCUT2D eigenvalue weighted by Gasteiger charge is -2.10. The summed E-state index contributed by atoms with van der Waals surface area (Å²) in [5, 5.41) is 5.67. The Morgan fingerprint density at radius 3 is 2.90 bits per heavy atom. The number of nitrogens with one attached hydrogen (secondary N) is 2. The van der Waals surface area contributed by atoms with E-state index < -0.39 is 0 Å². The minimum Gasteiger partial charge on any atom is -0.439 e. The topological polar surface area (TPSA) is 80.3 Å². The van der Waals surface area contributed by atoms with Gasteiger partial charge < -0.3 is 15.4 Å². The molecule has 3 aromatic rings. The van der Waals surface area contributed by atoms with Gasteiger partial charge in [-0.25, -0.2) is 9.37 Å². The number of pyridine rings is 1. The molecular formula is C22H18FN3O3S. The van der Waals surface area contributed by atoms with Crippen molar-refractivity contribution in [3.8, 4) is 11.6 Å². The molecule has 1 aromatic heterocycles. The number of amides is 2. The van der Waals surface area contributed by atoms with Crippen molar-refractivity contribution in [2.24, 2.45) is 0 Å². The van der Waals surface area contributed by atoms with Crippen LogP contribution in [-0.4, -0.2) is 22.6 Å². The quantitative estimate of drug-likeness (QED) is 0.637. The van der Waals surface area contributed by atoms with Gasteiger partial charge in [-0.05, 0) is 35.9 Å². The number of ether oxygens (including phenoxy) is 1. The van der Waals surface area contributed by atoms with E-state index in [1.54, 1.807) is 54.4 Å². The first kappa shape index (κ1) is 19.9. The summed E-state index contributed by atoms with van der Waals surface area (Å²) in [5.41, 5.74) is 1.92. The van der Waals surface area contributed by atoms with Crippen LogP contribution in [0.15, 0.2) is 65.7 Å². The smallest absolute Gasteiger partial charge is 0.251 e. The van der Waals surface area contributed by atoms with Gasteiger partial charge in [-0.2, -0.15) is 0 Å². The van der Waals surface area contributed by atoms with Gasteiger partial charge in [-0.1, -0.05) is 12.1 Å². The Morgan fingerprint density at radius 2 is 2.10 bits per heavy atom. The number of thioether (sulfide) groups is 1. The fourth-order valence-electron chi connectivity index (χ4n) is 2.87. The molecule has 30 heavy (non-hydrogen) atoms. The highest BCUT2D eigenvalue weighted by atomic mass is 32.2. The summed E-state index contributed by atoms with van der Waals surface area (Å²) >= 11 is 1.59. The molecule has 0 saturated heterocycles. The molecular weight excluding hydrogens is 405 g/mol. The highest BCUT2D eigenvalue weighted by Gasteiger charge is 2.15. The summed E-state index contributed by atoms with van der Waals surface area (Å²) in [5.74, 6) is 0.720. The zero-order valence-corrected chi connectivity index (χ0v) is 16.7. The van der Waals surface area contributed by atoms with Crippen molar-refractivity contribution in [2.45, 2.75) is 17.9 Å². The van der Waals surface area contributed by atoms with E-state index in [0.717, 1.165) is 16.2 Å². The molecule has 0 fully saturated rings. The zero-order valence-electron chi connectivity index (χ0n) is 15.9. The number of aromatic nitrogens is 1. The van der Waals surface area contributed by atoms with Crippen molar-refractivity contribution in [3.05, 3.63) is 77.7 Å². The number of nitrogens with zero attached hydrogens (tertiary/aromatic N) is 1. The molecule has 0 saturated carbocycles. The van der Waals surface area contributed by atoms with Crippen LogP contribution in [-0.2, 0) is 11.3 Å². The van der Waals surface area contributed by atoms with Crippen molar-refractivity contribution < 1.29 is 18.7 Å². The maximum atomic E-state index is 13.2. The van der Waals surface area contributed by atoms with E-state index >= 15 is 0 Å². The largest absolute Gasteiger partial charge is 0.439 e. The van der Waals surface area contributed by atoms with Crippen LogP contribution in [0.2, 0.25) is 0 Å². The van der Waals surface area contributed by atoms with Gasteiger partial charge in [-0.3, -0.25) is 9.59 Å². The summed E-state index contributed by atoms with van der Waals surface area (Å²) in [7, 11) is 0. The monoisotopic (exact) mass is 423 g/mol. The minimum atomic E-state index is -0.386. The standard InChI is InChI=1S/C22H18FN3O3S/c23-16-2-1-3-17(11-16)29-21-7-4-14(12-24-21)13-25-22(28)15-5-6-19-18(10-15)26-20(27)8-9-30-19/h1-7,10-12H,8-9,13H2,(H,25,28)(H,26,27). The second-order valence-corrected chi connectivity index (χ2v) is 7.74. The van der Waals surface area contributed by atoms with Crippen LogP contribution in [0.25, 0.3) is 0 Å². The molecule has 0 radical (unpaired) electrons. The lowest BCUT2D eigenvalue weighted by atomic mass is 10.1. The van der Waals surface area contributed by atoms with Crippen molar-refractivity contribution in [1.82, 2.24) is 10.3 Å². The summed E-state index contributed by atoms with van der Waals surface area (Å²) in [6.45, 7) is 0.282. The van der Waals surface area contributed by atoms with E-state index in [9.17, 15) is 14.0 Å². The maximum absolute atomic E-state index is 13.2. The van der Waals surface area contributed by atoms with Crippen LogP contribution in [0.4, 0.5) is 10.1 Å². The normalized spacial score (nSPS) is 13.0. The first-order valence-electron chi connectivity index (χ1n) is 9.30. The molecule has 152 valence electrons. The molecule has 0 unspecified atom stereocenters. The molecule has 8 heteroatoms. The Balaban J connectivity index is 1.36. The third-order valence-corrected chi connectivity index (χ3v) is 5.45. The first-order chi connectivity index (χ1) is 14.6. The van der Waals surface area contributed by atoms with Crippen LogP contribution in [0, 0.1) is 5.82 Å². The van der Waals surface area contributed by atoms with Crippen LogP contribution < -0.4 is 15.4 Å². The van der Waals surface area contributed by atoms with E-state index in [1.165, 1.54) is 12.1 Å². The average Bonchev–Trinajstić information content (AvgIpc) is 2.93. The van der Waals surface area contributed by atoms with Crippen molar-refractivity contribution >= 4 is 29.3 Å². The third-order valence-electron chi connectivity index (χ3n) is 4.37. The summed E-state index contributed by atoms with van der Waals surface area (Å²) in [6.07, 6.45) is 2.04. The Kier molecular flexibility index (Phi) is 5.94. The molecule has 0 atom stereocenters. The summed E-state index contributed by atoms with van der Waals surface area (Å²) in [4.78, 5) is 29.4. The molecule has 4 rings (SSSR count). The molecule has 2 amide bonds. The Labute approximate surface area is 176 Å². The highest BCUT2D eigenvalue weighted by molar-refractivity contribution is 7.99. The van der Waals surface area contributed by atoms with Crippen LogP contribution in [0.1, 0.15) is 22.3 Å². The fraction of sp³-hybridized carbons (Fsp3) is 0.136. The van der Waals surface area contributed by atoms with Crippen molar-refractivity contribution in [2.75, 3.05) is 11.1 Å². The van der Waals surface area contributed by atoms with E-state index in [2.05, 4.69) is 15.6 Å². The molecule has 0 bridgehead atoms. The minimum absolute atomic E-state index is 0.0505. The van der Waals surface area contributed by atoms with Gasteiger partial charge in [0.15, 0.2) is 0 Å². The predicted octanol–water partition coefficient (Wildman–Crippen LogP) is 4.38. The second kappa shape index (κ2) is 8.96. The lowest BCUT2D eigenvalue weighted by Crippen LogP contribution is -2.23. The number of rotatable bonds is 5. The molecule has 2 aromatic carbocycles. The fourth-order valence-corrected chi connectivity index (χ4v) is 3.81. The van der Waals surface area contributed by atoms with Gasteiger partial charge in [0, 0.05) is 47.5 Å². The van der Waals surface area contributed by atoms with E-state index in [-0.39, 0.29) is 24.2 Å². The van der Waals surface area contributed by atoms with E-state index in [1.807, 2.05) is 6.07 Å². The summed E-state index contributed by atoms with van der Waals surface area (Å²) in [6, 6.07) is 14.5. The van der Waals surface area contributed by atoms with E-state index in [0.29, 0.717) is 29.3 Å². The molecule has 1 aliphatic rings. The predicted molar refractivity (Wildman–Crippen MR) is 112 cm³/mol. The number of carbonyl (C=O) groups is 2. The number of hydrogen-bond acceptors (Lipinski definition) is 5. The lowest BCUT2D eigenvalue weighted by molar-refractivity contribution is -0.115. The van der Waals surface area contributed by atoms with Crippen molar-refractivity contribution in [1.29, 1.82) is 0 Å². The molecule has 2 N–H and O–H groups in total. The highest BCUT2D eigenvalue weighted by Crippen LogP contribution is 2.31. The second-order valence-electron chi connectivity index (χ2n) is 6.60. The Bertz CT molecular complexity index is 1090. The number of halogens is 1. The van der Waals surface area contributed by atoms with Crippen LogP contribution >= 0.6 is 11.8 Å². The molecule has 2 heterocycles. The van der Waals surface area contributed by atoms with Gasteiger partial charge in [0.2, 0.25) is 11.8 Å². The van der Waals surface area contributed by atoms with Gasteiger partial charge in [0.1, 0.15) is 11.6 Å².